The Morgan fingerprint density at radius 3 is 2.15 bits per heavy atom. The molecule has 0 saturated carbocycles. The minimum Gasteiger partial charge on any atom is -0.352 e. The molecule has 0 aliphatic carbocycles. The van der Waals surface area contributed by atoms with Gasteiger partial charge in [-0.25, -0.2) is 8.42 Å². The van der Waals surface area contributed by atoms with Crippen LogP contribution in [0.5, 0.6) is 0 Å². The second-order valence-electron chi connectivity index (χ2n) is 9.87. The third kappa shape index (κ3) is 8.09. The van der Waals surface area contributed by atoms with E-state index >= 15 is 0 Å². The number of hydrogen-bond acceptors (Lipinski definition) is 4. The van der Waals surface area contributed by atoms with E-state index in [1.54, 1.807) is 49.4 Å². The van der Waals surface area contributed by atoms with Crippen LogP contribution in [-0.2, 0) is 32.3 Å². The van der Waals surface area contributed by atoms with Crippen LogP contribution in [0.4, 0.5) is 18.9 Å². The van der Waals surface area contributed by atoms with E-state index in [1.807, 2.05) is 13.8 Å². The minimum absolute atomic E-state index is 0.0181. The predicted octanol–water partition coefficient (Wildman–Crippen LogP) is 5.54. The molecule has 220 valence electrons. The van der Waals surface area contributed by atoms with E-state index in [9.17, 15) is 31.2 Å². The van der Waals surface area contributed by atoms with Crippen molar-refractivity contribution in [1.82, 2.24) is 10.2 Å². The van der Waals surface area contributed by atoms with Crippen LogP contribution in [0, 0.1) is 6.92 Å². The van der Waals surface area contributed by atoms with E-state index in [0.717, 1.165) is 17.7 Å². The number of carbonyl (C=O) groups is 2. The van der Waals surface area contributed by atoms with Crippen molar-refractivity contribution >= 4 is 27.5 Å². The number of benzene rings is 3. The molecule has 0 spiro atoms. The molecule has 41 heavy (non-hydrogen) atoms. The molecule has 0 bridgehead atoms. The summed E-state index contributed by atoms with van der Waals surface area (Å²) in [6, 6.07) is 17.3. The summed E-state index contributed by atoms with van der Waals surface area (Å²) < 4.78 is 69.0. The molecule has 2 atom stereocenters. The number of hydrogen-bond donors (Lipinski definition) is 1. The molecule has 3 aromatic rings. The fraction of sp³-hybridized carbons (Fsp3) is 0.333. The second-order valence-corrected chi connectivity index (χ2v) is 11.7. The number of halogens is 3. The van der Waals surface area contributed by atoms with Gasteiger partial charge in [-0.1, -0.05) is 61.0 Å². The Kier molecular flexibility index (Phi) is 10.2. The maximum atomic E-state index is 13.9. The Balaban J connectivity index is 2.07. The smallest absolute Gasteiger partial charge is 0.352 e. The van der Waals surface area contributed by atoms with E-state index in [-0.39, 0.29) is 23.2 Å². The van der Waals surface area contributed by atoms with Crippen molar-refractivity contribution < 1.29 is 31.2 Å². The molecule has 0 aliphatic rings. The van der Waals surface area contributed by atoms with Crippen LogP contribution < -0.4 is 9.62 Å². The summed E-state index contributed by atoms with van der Waals surface area (Å²) in [5.74, 6) is -1.19. The predicted molar refractivity (Wildman–Crippen MR) is 152 cm³/mol. The number of rotatable bonds is 11. The van der Waals surface area contributed by atoms with Gasteiger partial charge in [-0.3, -0.25) is 13.9 Å². The second kappa shape index (κ2) is 13.2. The zero-order valence-electron chi connectivity index (χ0n) is 23.4. The Morgan fingerprint density at radius 2 is 1.56 bits per heavy atom. The molecule has 0 unspecified atom stereocenters. The van der Waals surface area contributed by atoms with Gasteiger partial charge in [0.25, 0.3) is 10.0 Å². The lowest BCUT2D eigenvalue weighted by atomic mass is 10.1. The molecule has 3 rings (SSSR count). The van der Waals surface area contributed by atoms with Gasteiger partial charge >= 0.3 is 6.18 Å². The van der Waals surface area contributed by atoms with Crippen molar-refractivity contribution in [1.29, 1.82) is 0 Å². The highest BCUT2D eigenvalue weighted by Crippen LogP contribution is 2.33. The van der Waals surface area contributed by atoms with Gasteiger partial charge in [0.1, 0.15) is 12.6 Å². The van der Waals surface area contributed by atoms with Crippen LogP contribution >= 0.6 is 0 Å². The number of amides is 2. The Hall–Kier alpha value is -3.86. The zero-order chi connectivity index (χ0) is 30.4. The average Bonchev–Trinajstić information content (AvgIpc) is 2.94. The van der Waals surface area contributed by atoms with E-state index in [4.69, 9.17) is 0 Å². The summed E-state index contributed by atoms with van der Waals surface area (Å²) >= 11 is 0. The molecular formula is C30H34F3N3O4S. The molecule has 0 saturated heterocycles. The Bertz CT molecular complexity index is 1450. The SMILES string of the molecule is CC[C@H](C)NC(=O)[C@@H](C)N(Cc1ccccc1)C(=O)CN(c1cccc(C(F)(F)F)c1)S(=O)(=O)c1ccc(C)cc1. The molecule has 1 N–H and O–H groups in total. The third-order valence-corrected chi connectivity index (χ3v) is 8.50. The van der Waals surface area contributed by atoms with Crippen LogP contribution in [0.15, 0.2) is 83.8 Å². The summed E-state index contributed by atoms with van der Waals surface area (Å²) in [5, 5.41) is 2.83. The maximum Gasteiger partial charge on any atom is 0.416 e. The molecular weight excluding hydrogens is 555 g/mol. The van der Waals surface area contributed by atoms with Gasteiger partial charge in [0.15, 0.2) is 0 Å². The molecule has 11 heteroatoms. The van der Waals surface area contributed by atoms with Gasteiger partial charge in [-0.05, 0) is 63.1 Å². The van der Waals surface area contributed by atoms with Gasteiger partial charge in [0.05, 0.1) is 16.1 Å². The van der Waals surface area contributed by atoms with Crippen molar-refractivity contribution in [3.05, 3.63) is 95.6 Å². The zero-order valence-corrected chi connectivity index (χ0v) is 24.2. The first-order chi connectivity index (χ1) is 19.2. The highest BCUT2D eigenvalue weighted by molar-refractivity contribution is 7.92. The monoisotopic (exact) mass is 589 g/mol. The standard InChI is InChI=1S/C30H34F3N3O4S/c1-5-22(3)34-29(38)23(4)35(19-24-10-7-6-8-11-24)28(37)20-36(26-13-9-12-25(18-26)30(31,32)33)41(39,40)27-16-14-21(2)15-17-27/h6-18,22-23H,5,19-20H2,1-4H3,(H,34,38)/t22-,23+/m0/s1. The van der Waals surface area contributed by atoms with Crippen molar-refractivity contribution in [3.8, 4) is 0 Å². The van der Waals surface area contributed by atoms with Crippen molar-refractivity contribution in [3.63, 3.8) is 0 Å². The number of aryl methyl sites for hydroxylation is 1. The topological polar surface area (TPSA) is 86.8 Å². The third-order valence-electron chi connectivity index (χ3n) is 6.71. The number of carbonyl (C=O) groups excluding carboxylic acids is 2. The lowest BCUT2D eigenvalue weighted by Crippen LogP contribution is -2.52. The number of nitrogens with one attached hydrogen (secondary N) is 1. The maximum absolute atomic E-state index is 13.9. The van der Waals surface area contributed by atoms with Crippen molar-refractivity contribution in [2.24, 2.45) is 0 Å². The van der Waals surface area contributed by atoms with Gasteiger partial charge in [-0.15, -0.1) is 0 Å². The van der Waals surface area contributed by atoms with Crippen LogP contribution in [0.25, 0.3) is 0 Å². The van der Waals surface area contributed by atoms with Crippen LogP contribution in [0.1, 0.15) is 43.9 Å². The quantitative estimate of drug-likeness (QED) is 0.318. The normalized spacial score (nSPS) is 13.2. The fourth-order valence-electron chi connectivity index (χ4n) is 4.03. The number of nitrogens with zero attached hydrogens (tertiary/aromatic N) is 2. The van der Waals surface area contributed by atoms with Crippen molar-refractivity contribution in [2.75, 3.05) is 10.8 Å². The summed E-state index contributed by atoms with van der Waals surface area (Å²) in [6.45, 7) is 6.16. The Labute approximate surface area is 239 Å². The van der Waals surface area contributed by atoms with Crippen molar-refractivity contribution in [2.45, 2.75) is 63.8 Å². The number of anilines is 1. The molecule has 0 fully saturated rings. The van der Waals surface area contributed by atoms with Crippen LogP contribution in [0.2, 0.25) is 0 Å². The number of alkyl halides is 3. The first-order valence-corrected chi connectivity index (χ1v) is 14.6. The summed E-state index contributed by atoms with van der Waals surface area (Å²) in [7, 11) is -4.49. The summed E-state index contributed by atoms with van der Waals surface area (Å²) in [4.78, 5) is 28.0. The van der Waals surface area contributed by atoms with Gasteiger partial charge in [-0.2, -0.15) is 13.2 Å². The van der Waals surface area contributed by atoms with Crippen LogP contribution in [0.3, 0.4) is 0 Å². The van der Waals surface area contributed by atoms with E-state index in [2.05, 4.69) is 5.32 Å². The van der Waals surface area contributed by atoms with Gasteiger partial charge in [0, 0.05) is 12.6 Å². The summed E-state index contributed by atoms with van der Waals surface area (Å²) in [6.07, 6.45) is -4.08. The lowest BCUT2D eigenvalue weighted by Gasteiger charge is -2.32. The Morgan fingerprint density at radius 1 is 0.927 bits per heavy atom. The van der Waals surface area contributed by atoms with Crippen LogP contribution in [-0.4, -0.2) is 43.8 Å². The highest BCUT2D eigenvalue weighted by Gasteiger charge is 2.35. The van der Waals surface area contributed by atoms with E-state index < -0.39 is 46.2 Å². The first kappa shape index (κ1) is 31.7. The molecule has 0 aliphatic heterocycles. The van der Waals surface area contributed by atoms with E-state index in [0.29, 0.717) is 22.4 Å². The molecule has 0 heterocycles. The highest BCUT2D eigenvalue weighted by atomic mass is 32.2. The fourth-order valence-corrected chi connectivity index (χ4v) is 5.44. The molecule has 0 aromatic heterocycles. The van der Waals surface area contributed by atoms with Gasteiger partial charge in [0.2, 0.25) is 11.8 Å². The average molecular weight is 590 g/mol. The largest absolute Gasteiger partial charge is 0.416 e. The lowest BCUT2D eigenvalue weighted by molar-refractivity contribution is -0.139. The molecule has 7 nitrogen and oxygen atoms in total. The molecule has 0 radical (unpaired) electrons. The first-order valence-electron chi connectivity index (χ1n) is 13.1. The summed E-state index contributed by atoms with van der Waals surface area (Å²) in [5.41, 5.74) is 0.0796. The number of sulfonamides is 1. The minimum atomic E-state index is -4.73. The van der Waals surface area contributed by atoms with Gasteiger partial charge < -0.3 is 10.2 Å². The van der Waals surface area contributed by atoms with E-state index in [1.165, 1.54) is 30.0 Å². The molecule has 3 aromatic carbocycles. The molecule has 2 amide bonds.